The minimum atomic E-state index is -0.0542. The van der Waals surface area contributed by atoms with Gasteiger partial charge in [0.05, 0.1) is 16.9 Å². The molecular weight excluding hydrogens is 324 g/mol. The van der Waals surface area contributed by atoms with Gasteiger partial charge in [0.25, 0.3) is 5.91 Å². The van der Waals surface area contributed by atoms with Crippen LogP contribution in [0, 0.1) is 6.92 Å². The lowest BCUT2D eigenvalue weighted by Crippen LogP contribution is -2.30. The van der Waals surface area contributed by atoms with Gasteiger partial charge in [-0.3, -0.25) is 9.48 Å². The maximum Gasteiger partial charge on any atom is 0.259 e. The number of aryl methyl sites for hydroxylation is 2. The molecule has 0 bridgehead atoms. The van der Waals surface area contributed by atoms with Crippen LogP contribution in [0.25, 0.3) is 21.8 Å². The molecule has 4 rings (SSSR count). The number of carbonyl (C=O) groups excluding carboxylic acids is 1. The number of benzene rings is 2. The minimum Gasteiger partial charge on any atom is -0.308 e. The Bertz CT molecular complexity index is 1120. The smallest absolute Gasteiger partial charge is 0.259 e. The molecule has 0 saturated carbocycles. The van der Waals surface area contributed by atoms with E-state index in [0.717, 1.165) is 33.2 Å². The zero-order chi connectivity index (χ0) is 18.3. The van der Waals surface area contributed by atoms with Crippen molar-refractivity contribution >= 4 is 33.4 Å². The third kappa shape index (κ3) is 2.52. The Labute approximate surface area is 151 Å². The largest absolute Gasteiger partial charge is 0.308 e. The van der Waals surface area contributed by atoms with Crippen molar-refractivity contribution in [3.05, 3.63) is 66.0 Å². The maximum absolute atomic E-state index is 13.2. The number of hydrogen-bond donors (Lipinski definition) is 0. The summed E-state index contributed by atoms with van der Waals surface area (Å²) in [6, 6.07) is 16.0. The van der Waals surface area contributed by atoms with Crippen molar-refractivity contribution in [2.75, 3.05) is 11.4 Å². The summed E-state index contributed by atoms with van der Waals surface area (Å²) >= 11 is 0. The summed E-state index contributed by atoms with van der Waals surface area (Å²) in [6.45, 7) is 4.50. The molecule has 5 heteroatoms. The van der Waals surface area contributed by atoms with Gasteiger partial charge in [0.1, 0.15) is 0 Å². The molecule has 2 aromatic carbocycles. The van der Waals surface area contributed by atoms with E-state index < -0.39 is 0 Å². The number of anilines is 1. The maximum atomic E-state index is 13.2. The van der Waals surface area contributed by atoms with Crippen LogP contribution in [-0.4, -0.2) is 27.2 Å². The lowest BCUT2D eigenvalue weighted by Gasteiger charge is -2.23. The molecule has 0 unspecified atom stereocenters. The van der Waals surface area contributed by atoms with Crippen LogP contribution in [0.3, 0.4) is 0 Å². The van der Waals surface area contributed by atoms with Gasteiger partial charge in [0.15, 0.2) is 5.65 Å². The van der Waals surface area contributed by atoms with Crippen LogP contribution in [0.15, 0.2) is 54.7 Å². The molecular formula is C21H20N4O. The zero-order valence-electron chi connectivity index (χ0n) is 15.1. The molecule has 130 valence electrons. The molecule has 4 aromatic rings. The number of rotatable bonds is 3. The average molecular weight is 344 g/mol. The first-order valence-electron chi connectivity index (χ1n) is 8.69. The predicted octanol–water partition coefficient (Wildman–Crippen LogP) is 4.10. The fraction of sp³-hybridized carbons (Fsp3) is 0.190. The second kappa shape index (κ2) is 6.26. The van der Waals surface area contributed by atoms with E-state index in [4.69, 9.17) is 0 Å². The molecule has 0 aliphatic heterocycles. The summed E-state index contributed by atoms with van der Waals surface area (Å²) in [5.41, 5.74) is 3.15. The van der Waals surface area contributed by atoms with Crippen LogP contribution in [-0.2, 0) is 7.05 Å². The topological polar surface area (TPSA) is 51.0 Å². The Morgan fingerprint density at radius 1 is 1.12 bits per heavy atom. The van der Waals surface area contributed by atoms with E-state index in [1.165, 1.54) is 0 Å². The summed E-state index contributed by atoms with van der Waals surface area (Å²) in [7, 11) is 1.86. The van der Waals surface area contributed by atoms with Crippen LogP contribution in [0.2, 0.25) is 0 Å². The molecule has 2 aromatic heterocycles. The molecule has 0 radical (unpaired) electrons. The first-order valence-corrected chi connectivity index (χ1v) is 8.69. The van der Waals surface area contributed by atoms with Gasteiger partial charge in [-0.2, -0.15) is 5.10 Å². The molecule has 0 saturated heterocycles. The van der Waals surface area contributed by atoms with Crippen LogP contribution in [0.4, 0.5) is 5.69 Å². The summed E-state index contributed by atoms with van der Waals surface area (Å²) in [5.74, 6) is -0.0542. The Morgan fingerprint density at radius 3 is 2.69 bits per heavy atom. The summed E-state index contributed by atoms with van der Waals surface area (Å²) in [4.78, 5) is 19.5. The highest BCUT2D eigenvalue weighted by atomic mass is 16.2. The van der Waals surface area contributed by atoms with Gasteiger partial charge in [0, 0.05) is 30.6 Å². The molecule has 0 aliphatic carbocycles. The normalized spacial score (nSPS) is 11.2. The van der Waals surface area contributed by atoms with Gasteiger partial charge in [-0.05, 0) is 31.4 Å². The lowest BCUT2D eigenvalue weighted by molar-refractivity contribution is 0.0988. The van der Waals surface area contributed by atoms with Gasteiger partial charge in [-0.15, -0.1) is 0 Å². The number of amides is 1. The van der Waals surface area contributed by atoms with E-state index in [0.29, 0.717) is 12.1 Å². The number of nitrogens with zero attached hydrogens (tertiary/aromatic N) is 4. The van der Waals surface area contributed by atoms with Crippen molar-refractivity contribution in [2.45, 2.75) is 13.8 Å². The van der Waals surface area contributed by atoms with Gasteiger partial charge >= 0.3 is 0 Å². The van der Waals surface area contributed by atoms with Crippen LogP contribution < -0.4 is 4.90 Å². The van der Waals surface area contributed by atoms with Gasteiger partial charge in [-0.1, -0.05) is 36.4 Å². The number of fused-ring (bicyclic) bond motifs is 2. The third-order valence-electron chi connectivity index (χ3n) is 4.73. The van der Waals surface area contributed by atoms with Crippen molar-refractivity contribution in [1.29, 1.82) is 0 Å². The number of pyridine rings is 1. The standard InChI is InChI=1S/C21H20N4O/c1-4-25(19-11-7-9-15-8-5-6-10-17(15)19)21(26)16-12-18-14(2)23-24(3)20(18)22-13-16/h5-13H,4H2,1-3H3. The molecule has 0 N–H and O–H groups in total. The summed E-state index contributed by atoms with van der Waals surface area (Å²) < 4.78 is 1.74. The van der Waals surface area contributed by atoms with Crippen LogP contribution in [0.1, 0.15) is 23.0 Å². The van der Waals surface area contributed by atoms with Gasteiger partial charge < -0.3 is 4.90 Å². The van der Waals surface area contributed by atoms with Crippen LogP contribution in [0.5, 0.6) is 0 Å². The SMILES string of the molecule is CCN(C(=O)c1cnc2c(c1)c(C)nn2C)c1cccc2ccccc12. The molecule has 0 aliphatic rings. The Hall–Kier alpha value is -3.21. The van der Waals surface area contributed by atoms with Crippen molar-refractivity contribution in [3.63, 3.8) is 0 Å². The van der Waals surface area contributed by atoms with E-state index >= 15 is 0 Å². The van der Waals surface area contributed by atoms with Crippen molar-refractivity contribution in [2.24, 2.45) is 7.05 Å². The molecule has 0 atom stereocenters. The van der Waals surface area contributed by atoms with E-state index in [1.54, 1.807) is 15.8 Å². The van der Waals surface area contributed by atoms with E-state index in [1.807, 2.05) is 57.3 Å². The van der Waals surface area contributed by atoms with E-state index in [2.05, 4.69) is 22.2 Å². The highest BCUT2D eigenvalue weighted by molar-refractivity contribution is 6.11. The Balaban J connectivity index is 1.81. The number of hydrogen-bond acceptors (Lipinski definition) is 3. The quantitative estimate of drug-likeness (QED) is 0.562. The van der Waals surface area contributed by atoms with Gasteiger partial charge in [-0.25, -0.2) is 4.98 Å². The molecule has 5 nitrogen and oxygen atoms in total. The molecule has 0 fully saturated rings. The zero-order valence-corrected chi connectivity index (χ0v) is 15.1. The molecule has 0 spiro atoms. The Morgan fingerprint density at radius 2 is 1.88 bits per heavy atom. The lowest BCUT2D eigenvalue weighted by atomic mass is 10.1. The molecule has 26 heavy (non-hydrogen) atoms. The minimum absolute atomic E-state index is 0.0542. The first-order chi connectivity index (χ1) is 12.6. The molecule has 1 amide bonds. The first kappa shape index (κ1) is 16.3. The number of carbonyl (C=O) groups is 1. The van der Waals surface area contributed by atoms with Crippen molar-refractivity contribution in [3.8, 4) is 0 Å². The Kier molecular flexibility index (Phi) is 3.92. The monoisotopic (exact) mass is 344 g/mol. The molecule has 2 heterocycles. The highest BCUT2D eigenvalue weighted by Crippen LogP contribution is 2.28. The highest BCUT2D eigenvalue weighted by Gasteiger charge is 2.20. The van der Waals surface area contributed by atoms with Crippen molar-refractivity contribution in [1.82, 2.24) is 14.8 Å². The van der Waals surface area contributed by atoms with Crippen molar-refractivity contribution < 1.29 is 4.79 Å². The average Bonchev–Trinajstić information content (AvgIpc) is 2.96. The fourth-order valence-electron chi connectivity index (χ4n) is 3.45. The second-order valence-corrected chi connectivity index (χ2v) is 6.35. The third-order valence-corrected chi connectivity index (χ3v) is 4.73. The second-order valence-electron chi connectivity index (χ2n) is 6.35. The number of aromatic nitrogens is 3. The van der Waals surface area contributed by atoms with Crippen LogP contribution >= 0.6 is 0 Å². The van der Waals surface area contributed by atoms with E-state index in [9.17, 15) is 4.79 Å². The predicted molar refractivity (Wildman–Crippen MR) is 105 cm³/mol. The summed E-state index contributed by atoms with van der Waals surface area (Å²) in [5, 5.41) is 7.48. The summed E-state index contributed by atoms with van der Waals surface area (Å²) in [6.07, 6.45) is 1.64. The van der Waals surface area contributed by atoms with Gasteiger partial charge in [0.2, 0.25) is 0 Å². The van der Waals surface area contributed by atoms with E-state index in [-0.39, 0.29) is 5.91 Å². The fourth-order valence-corrected chi connectivity index (χ4v) is 3.45.